The summed E-state index contributed by atoms with van der Waals surface area (Å²) in [5.74, 6) is 1.10. The van der Waals surface area contributed by atoms with E-state index in [1.165, 1.54) is 15.6 Å². The minimum atomic E-state index is 0.123. The van der Waals surface area contributed by atoms with Gasteiger partial charge in [0.15, 0.2) is 0 Å². The zero-order chi connectivity index (χ0) is 12.6. The lowest BCUT2D eigenvalue weighted by molar-refractivity contribution is 0.354. The fraction of sp³-hybridized carbons (Fsp3) is 0.429. The Balaban J connectivity index is 2.46. The molecule has 1 heterocycles. The summed E-state index contributed by atoms with van der Waals surface area (Å²) >= 11 is 5.37. The molecular formula is C14H18BrNS. The van der Waals surface area contributed by atoms with Gasteiger partial charge in [-0.3, -0.25) is 0 Å². The van der Waals surface area contributed by atoms with Crippen molar-refractivity contribution >= 4 is 37.4 Å². The smallest absolute Gasteiger partial charge is 0.0488 e. The molecule has 2 rings (SSSR count). The summed E-state index contributed by atoms with van der Waals surface area (Å²) in [5.41, 5.74) is 7.68. The van der Waals surface area contributed by atoms with Gasteiger partial charge in [0, 0.05) is 15.2 Å². The molecule has 1 nitrogen and oxygen atoms in total. The van der Waals surface area contributed by atoms with Crippen molar-refractivity contribution in [3.8, 4) is 0 Å². The van der Waals surface area contributed by atoms with Crippen LogP contribution in [0.1, 0.15) is 32.4 Å². The Kier molecular flexibility index (Phi) is 3.91. The fourth-order valence-corrected chi connectivity index (χ4v) is 3.67. The predicted molar refractivity (Wildman–Crippen MR) is 80.5 cm³/mol. The summed E-state index contributed by atoms with van der Waals surface area (Å²) in [5, 5.41) is 3.50. The summed E-state index contributed by atoms with van der Waals surface area (Å²) < 4.78 is 2.46. The van der Waals surface area contributed by atoms with Crippen molar-refractivity contribution in [2.24, 2.45) is 17.6 Å². The van der Waals surface area contributed by atoms with Crippen LogP contribution in [0.5, 0.6) is 0 Å². The maximum atomic E-state index is 6.39. The Labute approximate surface area is 115 Å². The molecule has 0 radical (unpaired) electrons. The first-order valence-corrected chi connectivity index (χ1v) is 7.60. The summed E-state index contributed by atoms with van der Waals surface area (Å²) in [6.07, 6.45) is 0. The fourth-order valence-electron chi connectivity index (χ4n) is 2.00. The normalized spacial score (nSPS) is 15.4. The zero-order valence-corrected chi connectivity index (χ0v) is 12.8. The molecule has 0 saturated carbocycles. The molecule has 2 N–H and O–H groups in total. The molecule has 17 heavy (non-hydrogen) atoms. The molecule has 3 heteroatoms. The molecule has 1 aromatic heterocycles. The average molecular weight is 312 g/mol. The predicted octanol–water partition coefficient (Wildman–Crippen LogP) is 4.96. The lowest BCUT2D eigenvalue weighted by Gasteiger charge is -2.23. The molecule has 0 fully saturated rings. The number of halogens is 1. The first kappa shape index (κ1) is 13.1. The number of nitrogens with two attached hydrogens (primary N) is 1. The van der Waals surface area contributed by atoms with Crippen LogP contribution < -0.4 is 5.73 Å². The van der Waals surface area contributed by atoms with Gasteiger partial charge in [-0.15, -0.1) is 11.3 Å². The van der Waals surface area contributed by atoms with Crippen LogP contribution in [-0.4, -0.2) is 0 Å². The van der Waals surface area contributed by atoms with E-state index in [-0.39, 0.29) is 6.04 Å². The van der Waals surface area contributed by atoms with Gasteiger partial charge in [-0.1, -0.05) is 32.9 Å². The summed E-state index contributed by atoms with van der Waals surface area (Å²) in [6, 6.07) is 6.45. The molecule has 0 aliphatic carbocycles. The van der Waals surface area contributed by atoms with Crippen LogP contribution >= 0.6 is 27.3 Å². The number of fused-ring (bicyclic) bond motifs is 1. The number of benzene rings is 1. The Hall–Kier alpha value is -0.380. The van der Waals surface area contributed by atoms with Crippen LogP contribution in [0.2, 0.25) is 0 Å². The Bertz CT molecular complexity index is 518. The Morgan fingerprint density at radius 3 is 2.59 bits per heavy atom. The Morgan fingerprint density at radius 1 is 1.24 bits per heavy atom. The molecule has 2 atom stereocenters. The van der Waals surface area contributed by atoms with E-state index in [2.05, 4.69) is 60.3 Å². The van der Waals surface area contributed by atoms with E-state index in [4.69, 9.17) is 5.73 Å². The molecule has 0 saturated heterocycles. The third kappa shape index (κ3) is 2.42. The average Bonchev–Trinajstić information content (AvgIpc) is 2.72. The third-order valence-corrected chi connectivity index (χ3v) is 5.53. The summed E-state index contributed by atoms with van der Waals surface area (Å²) in [6.45, 7) is 6.70. The van der Waals surface area contributed by atoms with Gasteiger partial charge < -0.3 is 5.73 Å². The molecule has 0 bridgehead atoms. The van der Waals surface area contributed by atoms with E-state index < -0.39 is 0 Å². The summed E-state index contributed by atoms with van der Waals surface area (Å²) in [7, 11) is 0. The van der Waals surface area contributed by atoms with Crippen molar-refractivity contribution in [2.45, 2.75) is 26.8 Å². The Morgan fingerprint density at radius 2 is 1.94 bits per heavy atom. The molecule has 0 aliphatic rings. The van der Waals surface area contributed by atoms with Gasteiger partial charge in [0.05, 0.1) is 0 Å². The van der Waals surface area contributed by atoms with Crippen LogP contribution in [0.3, 0.4) is 0 Å². The number of hydrogen-bond acceptors (Lipinski definition) is 2. The zero-order valence-electron chi connectivity index (χ0n) is 10.4. The third-order valence-electron chi connectivity index (χ3n) is 3.56. The highest BCUT2D eigenvalue weighted by molar-refractivity contribution is 9.10. The van der Waals surface area contributed by atoms with E-state index >= 15 is 0 Å². The van der Waals surface area contributed by atoms with Crippen LogP contribution in [0.25, 0.3) is 10.1 Å². The molecule has 0 spiro atoms. The monoisotopic (exact) mass is 311 g/mol. The van der Waals surface area contributed by atoms with Crippen molar-refractivity contribution in [1.82, 2.24) is 0 Å². The highest BCUT2D eigenvalue weighted by atomic mass is 79.9. The van der Waals surface area contributed by atoms with Crippen molar-refractivity contribution in [3.05, 3.63) is 33.6 Å². The van der Waals surface area contributed by atoms with Gasteiger partial charge in [-0.25, -0.2) is 0 Å². The number of hydrogen-bond donors (Lipinski definition) is 1. The quantitative estimate of drug-likeness (QED) is 0.852. The van der Waals surface area contributed by atoms with Crippen LogP contribution in [0, 0.1) is 11.8 Å². The number of rotatable bonds is 3. The van der Waals surface area contributed by atoms with Gasteiger partial charge >= 0.3 is 0 Å². The SMILES string of the molecule is CC(C)C(C)C(N)c1csc2c(Br)cccc12. The second-order valence-corrected chi connectivity index (χ2v) is 6.67. The second kappa shape index (κ2) is 5.09. The lowest BCUT2D eigenvalue weighted by Crippen LogP contribution is -2.22. The molecule has 2 aromatic rings. The maximum absolute atomic E-state index is 6.39. The molecular weight excluding hydrogens is 294 g/mol. The van der Waals surface area contributed by atoms with E-state index in [0.29, 0.717) is 11.8 Å². The van der Waals surface area contributed by atoms with E-state index in [0.717, 1.165) is 4.47 Å². The first-order chi connectivity index (χ1) is 8.02. The minimum Gasteiger partial charge on any atom is -0.324 e. The highest BCUT2D eigenvalue weighted by Crippen LogP contribution is 2.37. The van der Waals surface area contributed by atoms with Gasteiger partial charge in [-0.2, -0.15) is 0 Å². The van der Waals surface area contributed by atoms with Crippen molar-refractivity contribution in [3.63, 3.8) is 0 Å². The van der Waals surface area contributed by atoms with Crippen molar-refractivity contribution in [1.29, 1.82) is 0 Å². The van der Waals surface area contributed by atoms with Crippen LogP contribution in [0.15, 0.2) is 28.1 Å². The standard InChI is InChI=1S/C14H18BrNS/c1-8(2)9(3)13(16)11-7-17-14-10(11)5-4-6-12(14)15/h4-9,13H,16H2,1-3H3. The van der Waals surface area contributed by atoms with Gasteiger partial charge in [0.25, 0.3) is 0 Å². The van der Waals surface area contributed by atoms with Gasteiger partial charge in [0.2, 0.25) is 0 Å². The van der Waals surface area contributed by atoms with Crippen molar-refractivity contribution < 1.29 is 0 Å². The molecule has 0 aliphatic heterocycles. The second-order valence-electron chi connectivity index (χ2n) is 4.94. The molecule has 0 amide bonds. The maximum Gasteiger partial charge on any atom is 0.0488 e. The minimum absolute atomic E-state index is 0.123. The molecule has 92 valence electrons. The first-order valence-electron chi connectivity index (χ1n) is 5.93. The lowest BCUT2D eigenvalue weighted by atomic mass is 9.87. The van der Waals surface area contributed by atoms with Crippen LogP contribution in [-0.2, 0) is 0 Å². The van der Waals surface area contributed by atoms with Crippen molar-refractivity contribution in [2.75, 3.05) is 0 Å². The topological polar surface area (TPSA) is 26.0 Å². The number of thiophene rings is 1. The van der Waals surface area contributed by atoms with E-state index in [9.17, 15) is 0 Å². The van der Waals surface area contributed by atoms with Gasteiger partial charge in [-0.05, 0) is 50.2 Å². The van der Waals surface area contributed by atoms with Gasteiger partial charge in [0.1, 0.15) is 0 Å². The van der Waals surface area contributed by atoms with Crippen LogP contribution in [0.4, 0.5) is 0 Å². The van der Waals surface area contributed by atoms with E-state index in [1.54, 1.807) is 11.3 Å². The molecule has 2 unspecified atom stereocenters. The highest BCUT2D eigenvalue weighted by Gasteiger charge is 2.21. The molecule has 1 aromatic carbocycles. The summed E-state index contributed by atoms with van der Waals surface area (Å²) in [4.78, 5) is 0. The van der Waals surface area contributed by atoms with E-state index in [1.807, 2.05) is 0 Å². The largest absolute Gasteiger partial charge is 0.324 e.